The van der Waals surface area contributed by atoms with E-state index in [1.165, 1.54) is 4.90 Å². The molecule has 21 heavy (non-hydrogen) atoms. The zero-order valence-electron chi connectivity index (χ0n) is 11.5. The Bertz CT molecular complexity index is 571. The van der Waals surface area contributed by atoms with Crippen LogP contribution in [0.3, 0.4) is 0 Å². The van der Waals surface area contributed by atoms with Gasteiger partial charge in [-0.15, -0.1) is 0 Å². The Morgan fingerprint density at radius 3 is 2.43 bits per heavy atom. The van der Waals surface area contributed by atoms with Gasteiger partial charge in [-0.1, -0.05) is 0 Å². The van der Waals surface area contributed by atoms with Crippen molar-refractivity contribution >= 4 is 17.5 Å². The lowest BCUT2D eigenvalue weighted by Gasteiger charge is -2.34. The molecule has 0 spiro atoms. The predicted molar refractivity (Wildman–Crippen MR) is 72.7 cm³/mol. The first-order valence-electron chi connectivity index (χ1n) is 7.13. The molecule has 112 valence electrons. The van der Waals surface area contributed by atoms with E-state index in [1.54, 1.807) is 4.90 Å². The Morgan fingerprint density at radius 1 is 1.00 bits per heavy atom. The first kappa shape index (κ1) is 14.0. The van der Waals surface area contributed by atoms with Gasteiger partial charge in [-0.05, 0) is 31.4 Å². The zero-order valence-corrected chi connectivity index (χ0v) is 11.5. The number of benzene rings is 1. The lowest BCUT2D eigenvalue weighted by molar-refractivity contribution is -0.138. The van der Waals surface area contributed by atoms with Gasteiger partial charge in [0.25, 0.3) is 0 Å². The molecule has 1 aromatic carbocycles. The lowest BCUT2D eigenvalue weighted by Crippen LogP contribution is -2.49. The molecule has 2 fully saturated rings. The van der Waals surface area contributed by atoms with Crippen LogP contribution in [0.4, 0.5) is 14.5 Å². The maximum Gasteiger partial charge on any atom is 0.249 e. The van der Waals surface area contributed by atoms with Gasteiger partial charge in [-0.3, -0.25) is 9.59 Å². The predicted octanol–water partition coefficient (Wildman–Crippen LogP) is 2.08. The van der Waals surface area contributed by atoms with Crippen LogP contribution in [0.15, 0.2) is 18.2 Å². The smallest absolute Gasteiger partial charge is 0.249 e. The Hall–Kier alpha value is -1.98. The summed E-state index contributed by atoms with van der Waals surface area (Å²) in [4.78, 5) is 27.7. The van der Waals surface area contributed by atoms with E-state index in [9.17, 15) is 18.4 Å². The summed E-state index contributed by atoms with van der Waals surface area (Å²) in [5, 5.41) is 0. The van der Waals surface area contributed by atoms with E-state index in [0.29, 0.717) is 13.0 Å². The molecule has 2 heterocycles. The maximum absolute atomic E-state index is 13.4. The van der Waals surface area contributed by atoms with Crippen LogP contribution in [-0.2, 0) is 9.59 Å². The van der Waals surface area contributed by atoms with Crippen molar-refractivity contribution in [1.82, 2.24) is 4.90 Å². The summed E-state index contributed by atoms with van der Waals surface area (Å²) in [6, 6.07) is 2.53. The van der Waals surface area contributed by atoms with Crippen LogP contribution in [0.25, 0.3) is 0 Å². The van der Waals surface area contributed by atoms with E-state index in [1.807, 2.05) is 0 Å². The normalized spacial score (nSPS) is 23.0. The van der Waals surface area contributed by atoms with E-state index in [-0.39, 0.29) is 30.5 Å². The fraction of sp³-hybridized carbons (Fsp3) is 0.467. The summed E-state index contributed by atoms with van der Waals surface area (Å²) >= 11 is 0. The molecule has 2 saturated heterocycles. The van der Waals surface area contributed by atoms with Crippen LogP contribution in [0, 0.1) is 11.6 Å². The SMILES string of the molecule is O=C1C2CCCCN2C(=O)CCN1c1cc(F)cc(F)c1. The molecule has 0 aliphatic carbocycles. The van der Waals surface area contributed by atoms with Crippen molar-refractivity contribution in [3.8, 4) is 0 Å². The molecule has 0 saturated carbocycles. The van der Waals surface area contributed by atoms with Crippen molar-refractivity contribution in [3.63, 3.8) is 0 Å². The number of rotatable bonds is 1. The van der Waals surface area contributed by atoms with Gasteiger partial charge in [0.15, 0.2) is 0 Å². The molecule has 4 nitrogen and oxygen atoms in total. The second kappa shape index (κ2) is 5.42. The van der Waals surface area contributed by atoms with E-state index >= 15 is 0 Å². The minimum Gasteiger partial charge on any atom is -0.331 e. The van der Waals surface area contributed by atoms with Crippen LogP contribution in [0.2, 0.25) is 0 Å². The van der Waals surface area contributed by atoms with Crippen molar-refractivity contribution in [3.05, 3.63) is 29.8 Å². The van der Waals surface area contributed by atoms with Crippen LogP contribution in [-0.4, -0.2) is 35.8 Å². The standard InChI is InChI=1S/C15H16F2N2O2/c16-10-7-11(17)9-12(8-10)18-6-4-14(20)19-5-2-1-3-13(19)15(18)21/h7-9,13H,1-6H2. The molecule has 0 bridgehead atoms. The molecular formula is C15H16F2N2O2. The van der Waals surface area contributed by atoms with Gasteiger partial charge in [-0.2, -0.15) is 0 Å². The van der Waals surface area contributed by atoms with E-state index < -0.39 is 17.7 Å². The number of fused-ring (bicyclic) bond motifs is 1. The lowest BCUT2D eigenvalue weighted by atomic mass is 10.0. The molecule has 6 heteroatoms. The number of amides is 2. The van der Waals surface area contributed by atoms with Gasteiger partial charge < -0.3 is 9.80 Å². The van der Waals surface area contributed by atoms with Gasteiger partial charge in [0.2, 0.25) is 11.8 Å². The molecule has 3 rings (SSSR count). The summed E-state index contributed by atoms with van der Waals surface area (Å²) in [6.07, 6.45) is 2.56. The first-order chi connectivity index (χ1) is 10.1. The quantitative estimate of drug-likeness (QED) is 0.795. The summed E-state index contributed by atoms with van der Waals surface area (Å²) < 4.78 is 26.7. The molecule has 0 aromatic heterocycles. The molecule has 1 aromatic rings. The molecule has 0 N–H and O–H groups in total. The van der Waals surface area contributed by atoms with E-state index in [2.05, 4.69) is 0 Å². The highest BCUT2D eigenvalue weighted by molar-refractivity contribution is 6.01. The molecule has 0 radical (unpaired) electrons. The minimum atomic E-state index is -0.728. The highest BCUT2D eigenvalue weighted by Gasteiger charge is 2.38. The third-order valence-corrected chi connectivity index (χ3v) is 4.08. The second-order valence-corrected chi connectivity index (χ2v) is 5.47. The zero-order chi connectivity index (χ0) is 15.0. The largest absolute Gasteiger partial charge is 0.331 e. The molecule has 2 aliphatic heterocycles. The average Bonchev–Trinajstić information content (AvgIpc) is 2.57. The second-order valence-electron chi connectivity index (χ2n) is 5.47. The van der Waals surface area contributed by atoms with Crippen LogP contribution in [0.1, 0.15) is 25.7 Å². The number of carbonyl (C=O) groups excluding carboxylic acids is 2. The van der Waals surface area contributed by atoms with Crippen molar-refractivity contribution in [1.29, 1.82) is 0 Å². The van der Waals surface area contributed by atoms with E-state index in [0.717, 1.165) is 31.0 Å². The number of carbonyl (C=O) groups is 2. The van der Waals surface area contributed by atoms with Crippen molar-refractivity contribution in [2.45, 2.75) is 31.7 Å². The Labute approximate surface area is 121 Å². The third-order valence-electron chi connectivity index (χ3n) is 4.08. The summed E-state index contributed by atoms with van der Waals surface area (Å²) in [5.74, 6) is -1.76. The van der Waals surface area contributed by atoms with Gasteiger partial charge in [0, 0.05) is 31.3 Å². The molecule has 1 atom stereocenters. The fourth-order valence-corrected chi connectivity index (χ4v) is 3.08. The van der Waals surface area contributed by atoms with Gasteiger partial charge >= 0.3 is 0 Å². The number of nitrogens with zero attached hydrogens (tertiary/aromatic N) is 2. The molecule has 1 unspecified atom stereocenters. The first-order valence-corrected chi connectivity index (χ1v) is 7.13. The van der Waals surface area contributed by atoms with Crippen LogP contribution in [0.5, 0.6) is 0 Å². The summed E-state index contributed by atoms with van der Waals surface area (Å²) in [7, 11) is 0. The Balaban J connectivity index is 1.95. The monoisotopic (exact) mass is 294 g/mol. The molecule has 2 amide bonds. The number of halogens is 2. The van der Waals surface area contributed by atoms with Gasteiger partial charge in [-0.25, -0.2) is 8.78 Å². The van der Waals surface area contributed by atoms with Gasteiger partial charge in [0.1, 0.15) is 17.7 Å². The number of hydrogen-bond donors (Lipinski definition) is 0. The topological polar surface area (TPSA) is 40.6 Å². The highest BCUT2D eigenvalue weighted by atomic mass is 19.1. The van der Waals surface area contributed by atoms with Crippen molar-refractivity contribution in [2.24, 2.45) is 0 Å². The third kappa shape index (κ3) is 2.62. The Kier molecular flexibility index (Phi) is 3.61. The van der Waals surface area contributed by atoms with Crippen LogP contribution < -0.4 is 4.90 Å². The summed E-state index contributed by atoms with van der Waals surface area (Å²) in [5.41, 5.74) is 0.178. The average molecular weight is 294 g/mol. The highest BCUT2D eigenvalue weighted by Crippen LogP contribution is 2.27. The van der Waals surface area contributed by atoms with Gasteiger partial charge in [0.05, 0.1) is 0 Å². The summed E-state index contributed by atoms with van der Waals surface area (Å²) in [6.45, 7) is 0.744. The van der Waals surface area contributed by atoms with Crippen molar-refractivity contribution in [2.75, 3.05) is 18.0 Å². The molecular weight excluding hydrogens is 278 g/mol. The number of anilines is 1. The number of hydrogen-bond acceptors (Lipinski definition) is 2. The minimum absolute atomic E-state index is 0.0626. The van der Waals surface area contributed by atoms with Crippen LogP contribution >= 0.6 is 0 Å². The Morgan fingerprint density at radius 2 is 1.71 bits per heavy atom. The fourth-order valence-electron chi connectivity index (χ4n) is 3.08. The maximum atomic E-state index is 13.4. The number of piperidine rings is 1. The van der Waals surface area contributed by atoms with E-state index in [4.69, 9.17) is 0 Å². The molecule has 2 aliphatic rings. The van der Waals surface area contributed by atoms with Crippen molar-refractivity contribution < 1.29 is 18.4 Å².